The van der Waals surface area contributed by atoms with Gasteiger partial charge in [0.2, 0.25) is 0 Å². The summed E-state index contributed by atoms with van der Waals surface area (Å²) in [6.45, 7) is 3.38. The Kier molecular flexibility index (Phi) is 3.70. The summed E-state index contributed by atoms with van der Waals surface area (Å²) >= 11 is 1.90. The Morgan fingerprint density at radius 1 is 1.57 bits per heavy atom. The molecular formula is C10H19N3S. The van der Waals surface area contributed by atoms with Crippen LogP contribution < -0.4 is 5.32 Å². The fraction of sp³-hybridized carbons (Fsp3) is 0.900. The first kappa shape index (κ1) is 10.3. The number of aliphatic imine (C=N–C) groups is 1. The molecule has 1 unspecified atom stereocenters. The van der Waals surface area contributed by atoms with E-state index in [0.29, 0.717) is 0 Å². The van der Waals surface area contributed by atoms with Crippen LogP contribution in [0.4, 0.5) is 0 Å². The maximum atomic E-state index is 4.47. The van der Waals surface area contributed by atoms with Gasteiger partial charge in [0.1, 0.15) is 0 Å². The molecule has 0 saturated carbocycles. The molecule has 0 aromatic heterocycles. The van der Waals surface area contributed by atoms with Crippen LogP contribution in [-0.4, -0.2) is 48.5 Å². The van der Waals surface area contributed by atoms with Crippen LogP contribution in [0.5, 0.6) is 0 Å². The van der Waals surface area contributed by atoms with E-state index in [2.05, 4.69) is 22.3 Å². The molecule has 4 heteroatoms. The van der Waals surface area contributed by atoms with Gasteiger partial charge in [-0.3, -0.25) is 4.99 Å². The average molecular weight is 213 g/mol. The molecule has 14 heavy (non-hydrogen) atoms. The maximum Gasteiger partial charge on any atom is 0.156 e. The van der Waals surface area contributed by atoms with Gasteiger partial charge >= 0.3 is 0 Å². The lowest BCUT2D eigenvalue weighted by atomic mass is 10.2. The second-order valence-electron chi connectivity index (χ2n) is 4.05. The number of thioether (sulfide) groups is 1. The third kappa shape index (κ3) is 2.64. The van der Waals surface area contributed by atoms with Crippen molar-refractivity contribution in [3.63, 3.8) is 0 Å². The molecule has 0 amide bonds. The normalized spacial score (nSPS) is 28.6. The van der Waals surface area contributed by atoms with E-state index in [1.165, 1.54) is 31.6 Å². The van der Waals surface area contributed by atoms with Gasteiger partial charge in [-0.15, -0.1) is 0 Å². The number of rotatable bonds is 2. The molecule has 0 spiro atoms. The van der Waals surface area contributed by atoms with Crippen molar-refractivity contribution in [2.24, 2.45) is 4.99 Å². The van der Waals surface area contributed by atoms with E-state index in [1.807, 2.05) is 11.8 Å². The molecule has 1 saturated heterocycles. The molecular weight excluding hydrogens is 194 g/mol. The number of amidine groups is 1. The van der Waals surface area contributed by atoms with Gasteiger partial charge in [-0.2, -0.15) is 0 Å². The first-order chi connectivity index (χ1) is 6.86. The smallest absolute Gasteiger partial charge is 0.156 e. The summed E-state index contributed by atoms with van der Waals surface area (Å²) in [7, 11) is 2.23. The van der Waals surface area contributed by atoms with Crippen LogP contribution in [0.1, 0.15) is 19.3 Å². The van der Waals surface area contributed by atoms with E-state index in [1.54, 1.807) is 0 Å². The molecule has 0 aromatic carbocycles. The third-order valence-electron chi connectivity index (χ3n) is 2.95. The summed E-state index contributed by atoms with van der Waals surface area (Å²) in [5.74, 6) is 1.20. The highest BCUT2D eigenvalue weighted by molar-refractivity contribution is 8.13. The standard InChI is InChI=1S/C10H19N3S/c1-13-7-2-4-9(13)8-14-10-11-5-3-6-12-10/h9H,2-8H2,1H3,(H,11,12). The second kappa shape index (κ2) is 5.03. The molecule has 80 valence electrons. The van der Waals surface area contributed by atoms with E-state index in [0.717, 1.165) is 24.3 Å². The van der Waals surface area contributed by atoms with Crippen molar-refractivity contribution in [3.05, 3.63) is 0 Å². The van der Waals surface area contributed by atoms with Gasteiger partial charge in [0.15, 0.2) is 5.17 Å². The number of likely N-dealkylation sites (tertiary alicyclic amines) is 1. The molecule has 1 fully saturated rings. The van der Waals surface area contributed by atoms with E-state index in [4.69, 9.17) is 0 Å². The minimum Gasteiger partial charge on any atom is -0.365 e. The molecule has 0 radical (unpaired) electrons. The summed E-state index contributed by atoms with van der Waals surface area (Å²) in [5.41, 5.74) is 0. The molecule has 2 heterocycles. The zero-order chi connectivity index (χ0) is 9.80. The molecule has 3 nitrogen and oxygen atoms in total. The molecule has 1 N–H and O–H groups in total. The van der Waals surface area contributed by atoms with Gasteiger partial charge in [0, 0.05) is 24.9 Å². The topological polar surface area (TPSA) is 27.6 Å². The number of hydrogen-bond donors (Lipinski definition) is 1. The highest BCUT2D eigenvalue weighted by atomic mass is 32.2. The largest absolute Gasteiger partial charge is 0.365 e. The molecule has 0 bridgehead atoms. The summed E-state index contributed by atoms with van der Waals surface area (Å²) < 4.78 is 0. The van der Waals surface area contributed by atoms with E-state index < -0.39 is 0 Å². The van der Waals surface area contributed by atoms with Gasteiger partial charge in [0.05, 0.1) is 0 Å². The van der Waals surface area contributed by atoms with Gasteiger partial charge in [-0.25, -0.2) is 0 Å². The van der Waals surface area contributed by atoms with Crippen LogP contribution in [0.2, 0.25) is 0 Å². The van der Waals surface area contributed by atoms with Crippen LogP contribution in [0, 0.1) is 0 Å². The predicted octanol–water partition coefficient (Wildman–Crippen LogP) is 1.16. The maximum absolute atomic E-state index is 4.47. The summed E-state index contributed by atoms with van der Waals surface area (Å²) in [4.78, 5) is 6.93. The number of nitrogens with zero attached hydrogens (tertiary/aromatic N) is 2. The van der Waals surface area contributed by atoms with Crippen LogP contribution >= 0.6 is 11.8 Å². The summed E-state index contributed by atoms with van der Waals surface area (Å²) in [5, 5.41) is 4.52. The van der Waals surface area contributed by atoms with E-state index >= 15 is 0 Å². The minimum absolute atomic E-state index is 0.770. The van der Waals surface area contributed by atoms with Gasteiger partial charge in [0.25, 0.3) is 0 Å². The summed E-state index contributed by atoms with van der Waals surface area (Å²) in [6, 6.07) is 0.770. The highest BCUT2D eigenvalue weighted by Crippen LogP contribution is 2.19. The van der Waals surface area contributed by atoms with Crippen molar-refractivity contribution in [2.45, 2.75) is 25.3 Å². The predicted molar refractivity (Wildman–Crippen MR) is 63.0 cm³/mol. The monoisotopic (exact) mass is 213 g/mol. The lowest BCUT2D eigenvalue weighted by Crippen LogP contribution is -2.31. The van der Waals surface area contributed by atoms with Crippen molar-refractivity contribution in [1.82, 2.24) is 10.2 Å². The Morgan fingerprint density at radius 2 is 2.50 bits per heavy atom. The molecule has 2 aliphatic rings. The van der Waals surface area contributed by atoms with Crippen LogP contribution in [0.3, 0.4) is 0 Å². The lowest BCUT2D eigenvalue weighted by Gasteiger charge is -2.20. The van der Waals surface area contributed by atoms with Crippen LogP contribution in [0.25, 0.3) is 0 Å². The molecule has 0 aromatic rings. The fourth-order valence-corrected chi connectivity index (χ4v) is 3.13. The number of nitrogens with one attached hydrogen (secondary N) is 1. The SMILES string of the molecule is CN1CCCC1CSC1=NCCCN1. The molecule has 2 aliphatic heterocycles. The zero-order valence-corrected chi connectivity index (χ0v) is 9.65. The van der Waals surface area contributed by atoms with Crippen molar-refractivity contribution < 1.29 is 0 Å². The Morgan fingerprint density at radius 3 is 3.14 bits per heavy atom. The zero-order valence-electron chi connectivity index (χ0n) is 8.83. The van der Waals surface area contributed by atoms with Crippen molar-refractivity contribution >= 4 is 16.9 Å². The Bertz CT molecular complexity index is 217. The third-order valence-corrected chi connectivity index (χ3v) is 4.05. The van der Waals surface area contributed by atoms with E-state index in [-0.39, 0.29) is 0 Å². The number of hydrogen-bond acceptors (Lipinski definition) is 4. The molecule has 0 aliphatic carbocycles. The average Bonchev–Trinajstić information content (AvgIpc) is 2.63. The lowest BCUT2D eigenvalue weighted by molar-refractivity contribution is 0.335. The molecule has 2 rings (SSSR count). The first-order valence-electron chi connectivity index (χ1n) is 5.47. The second-order valence-corrected chi connectivity index (χ2v) is 5.06. The van der Waals surface area contributed by atoms with Crippen LogP contribution in [0.15, 0.2) is 4.99 Å². The Labute approximate surface area is 90.3 Å². The minimum atomic E-state index is 0.770. The van der Waals surface area contributed by atoms with Crippen molar-refractivity contribution in [1.29, 1.82) is 0 Å². The van der Waals surface area contributed by atoms with E-state index in [9.17, 15) is 0 Å². The van der Waals surface area contributed by atoms with Gasteiger partial charge < -0.3 is 10.2 Å². The quantitative estimate of drug-likeness (QED) is 0.746. The Balaban J connectivity index is 1.73. The molecule has 1 atom stereocenters. The van der Waals surface area contributed by atoms with Gasteiger partial charge in [-0.1, -0.05) is 11.8 Å². The van der Waals surface area contributed by atoms with Crippen molar-refractivity contribution in [3.8, 4) is 0 Å². The fourth-order valence-electron chi connectivity index (χ4n) is 1.97. The summed E-state index contributed by atoms with van der Waals surface area (Å²) in [6.07, 6.45) is 3.91. The van der Waals surface area contributed by atoms with Gasteiger partial charge in [-0.05, 0) is 32.9 Å². The van der Waals surface area contributed by atoms with Crippen molar-refractivity contribution in [2.75, 3.05) is 32.4 Å². The highest BCUT2D eigenvalue weighted by Gasteiger charge is 2.21. The van der Waals surface area contributed by atoms with Crippen LogP contribution in [-0.2, 0) is 0 Å². The Hall–Kier alpha value is -0.220. The first-order valence-corrected chi connectivity index (χ1v) is 6.46.